The normalized spacial score (nSPS) is 15.7. The van der Waals surface area contributed by atoms with Crippen molar-refractivity contribution < 1.29 is 9.32 Å². The maximum atomic E-state index is 12.5. The summed E-state index contributed by atoms with van der Waals surface area (Å²) in [6.07, 6.45) is 2.28. The number of nitrogens with one attached hydrogen (secondary N) is 1. The van der Waals surface area contributed by atoms with Crippen molar-refractivity contribution in [1.29, 1.82) is 0 Å². The molecule has 1 N–H and O–H groups in total. The van der Waals surface area contributed by atoms with Crippen molar-refractivity contribution in [1.82, 2.24) is 24.7 Å². The third kappa shape index (κ3) is 2.91. The molecule has 0 unspecified atom stereocenters. The van der Waals surface area contributed by atoms with Crippen LogP contribution in [0.3, 0.4) is 0 Å². The van der Waals surface area contributed by atoms with Gasteiger partial charge in [-0.25, -0.2) is 9.50 Å². The highest BCUT2D eigenvalue weighted by molar-refractivity contribution is 5.91. The van der Waals surface area contributed by atoms with Gasteiger partial charge in [0.25, 0.3) is 11.5 Å². The van der Waals surface area contributed by atoms with Gasteiger partial charge >= 0.3 is 0 Å². The van der Waals surface area contributed by atoms with E-state index in [0.717, 1.165) is 36.3 Å². The number of piperidine rings is 1. The molecule has 1 fully saturated rings. The van der Waals surface area contributed by atoms with Crippen molar-refractivity contribution in [2.45, 2.75) is 39.0 Å². The second kappa shape index (κ2) is 6.44. The molecule has 1 saturated heterocycles. The molecule has 26 heavy (non-hydrogen) atoms. The molecule has 136 valence electrons. The Bertz CT molecular complexity index is 1010. The summed E-state index contributed by atoms with van der Waals surface area (Å²) >= 11 is 0. The lowest BCUT2D eigenvalue weighted by atomic mass is 9.93. The maximum absolute atomic E-state index is 12.5. The van der Waals surface area contributed by atoms with Gasteiger partial charge in [-0.3, -0.25) is 14.7 Å². The molecule has 4 heterocycles. The number of carbonyl (C=O) groups is 1. The van der Waals surface area contributed by atoms with E-state index in [4.69, 9.17) is 4.52 Å². The summed E-state index contributed by atoms with van der Waals surface area (Å²) in [6, 6.07) is 5.16. The number of hydrogen-bond donors (Lipinski definition) is 1. The molecule has 1 amide bonds. The first-order valence-corrected chi connectivity index (χ1v) is 8.89. The summed E-state index contributed by atoms with van der Waals surface area (Å²) in [6.45, 7) is 5.08. The number of H-pyrrole nitrogens is 1. The largest absolute Gasteiger partial charge is 0.351 e. The number of rotatable bonds is 3. The van der Waals surface area contributed by atoms with Crippen molar-refractivity contribution in [3.63, 3.8) is 0 Å². The van der Waals surface area contributed by atoms with Crippen molar-refractivity contribution in [2.24, 2.45) is 0 Å². The maximum Gasteiger partial charge on any atom is 0.292 e. The van der Waals surface area contributed by atoms with Crippen LogP contribution in [0, 0.1) is 6.92 Å². The summed E-state index contributed by atoms with van der Waals surface area (Å²) in [5, 5.41) is 6.86. The molecular formula is C18H21N5O3. The Kier molecular flexibility index (Phi) is 4.10. The Morgan fingerprint density at radius 1 is 1.31 bits per heavy atom. The Morgan fingerprint density at radius 3 is 2.77 bits per heavy atom. The van der Waals surface area contributed by atoms with Gasteiger partial charge in [0.2, 0.25) is 5.76 Å². The second-order valence-corrected chi connectivity index (χ2v) is 6.75. The number of likely N-dealkylation sites (tertiary alicyclic amines) is 1. The highest BCUT2D eigenvalue weighted by Crippen LogP contribution is 2.27. The average molecular weight is 355 g/mol. The molecule has 1 aliphatic rings. The molecule has 0 spiro atoms. The fourth-order valence-electron chi connectivity index (χ4n) is 3.45. The predicted octanol–water partition coefficient (Wildman–Crippen LogP) is 1.90. The number of aromatic amines is 1. The van der Waals surface area contributed by atoms with Crippen LogP contribution in [0.1, 0.15) is 53.3 Å². The Balaban J connectivity index is 1.48. The van der Waals surface area contributed by atoms with E-state index < -0.39 is 0 Å². The van der Waals surface area contributed by atoms with Crippen LogP contribution in [-0.2, 0) is 6.42 Å². The van der Waals surface area contributed by atoms with Gasteiger partial charge in [0.05, 0.1) is 11.4 Å². The first kappa shape index (κ1) is 16.6. The van der Waals surface area contributed by atoms with Crippen LogP contribution in [0.2, 0.25) is 0 Å². The third-order valence-electron chi connectivity index (χ3n) is 4.93. The summed E-state index contributed by atoms with van der Waals surface area (Å²) in [4.78, 5) is 31.2. The second-order valence-electron chi connectivity index (χ2n) is 6.75. The minimum atomic E-state index is -0.125. The van der Waals surface area contributed by atoms with Crippen molar-refractivity contribution in [2.75, 3.05) is 13.1 Å². The number of nitrogens with zero attached hydrogens (tertiary/aromatic N) is 4. The molecule has 3 aromatic heterocycles. The van der Waals surface area contributed by atoms with E-state index in [1.165, 1.54) is 4.52 Å². The van der Waals surface area contributed by atoms with Gasteiger partial charge in [0, 0.05) is 42.9 Å². The quantitative estimate of drug-likeness (QED) is 0.774. The lowest BCUT2D eigenvalue weighted by Crippen LogP contribution is -2.38. The van der Waals surface area contributed by atoms with Gasteiger partial charge in [-0.05, 0) is 26.2 Å². The number of fused-ring (bicyclic) bond motifs is 1. The van der Waals surface area contributed by atoms with Gasteiger partial charge in [-0.1, -0.05) is 12.1 Å². The zero-order valence-corrected chi connectivity index (χ0v) is 14.9. The van der Waals surface area contributed by atoms with Crippen LogP contribution >= 0.6 is 0 Å². The van der Waals surface area contributed by atoms with E-state index in [0.29, 0.717) is 24.5 Å². The van der Waals surface area contributed by atoms with Crippen LogP contribution in [0.15, 0.2) is 27.5 Å². The van der Waals surface area contributed by atoms with Gasteiger partial charge in [0.15, 0.2) is 5.65 Å². The van der Waals surface area contributed by atoms with E-state index in [9.17, 15) is 9.59 Å². The van der Waals surface area contributed by atoms with Gasteiger partial charge in [-0.2, -0.15) is 0 Å². The molecule has 0 radical (unpaired) electrons. The Labute approximate surface area is 149 Å². The first-order valence-electron chi connectivity index (χ1n) is 8.89. The molecule has 0 bridgehead atoms. The topological polar surface area (TPSA) is 96.5 Å². The van der Waals surface area contributed by atoms with E-state index in [2.05, 4.69) is 15.2 Å². The Hall–Kier alpha value is -2.90. The number of amides is 1. The fourth-order valence-corrected chi connectivity index (χ4v) is 3.45. The SMILES string of the molecule is CCc1cc(C(=O)N2CCC(c3cc(=O)n4[nH]c(C)cc4n3)CC2)on1. The molecular weight excluding hydrogens is 334 g/mol. The van der Waals surface area contributed by atoms with Gasteiger partial charge in [-0.15, -0.1) is 0 Å². The zero-order valence-electron chi connectivity index (χ0n) is 14.9. The minimum Gasteiger partial charge on any atom is -0.351 e. The molecule has 0 atom stereocenters. The average Bonchev–Trinajstić information content (AvgIpc) is 3.27. The van der Waals surface area contributed by atoms with Crippen LogP contribution in [0.4, 0.5) is 0 Å². The summed E-state index contributed by atoms with van der Waals surface area (Å²) in [5.41, 5.74) is 3.00. The number of hydrogen-bond acceptors (Lipinski definition) is 5. The monoisotopic (exact) mass is 355 g/mol. The van der Waals surface area contributed by atoms with Crippen molar-refractivity contribution >= 4 is 11.6 Å². The Morgan fingerprint density at radius 2 is 2.08 bits per heavy atom. The molecule has 3 aromatic rings. The van der Waals surface area contributed by atoms with E-state index in [1.54, 1.807) is 17.0 Å². The van der Waals surface area contributed by atoms with Crippen molar-refractivity contribution in [3.8, 4) is 0 Å². The summed E-state index contributed by atoms with van der Waals surface area (Å²) in [7, 11) is 0. The lowest BCUT2D eigenvalue weighted by Gasteiger charge is -2.30. The third-order valence-corrected chi connectivity index (χ3v) is 4.93. The summed E-state index contributed by atoms with van der Waals surface area (Å²) < 4.78 is 6.60. The highest BCUT2D eigenvalue weighted by Gasteiger charge is 2.27. The number of carbonyl (C=O) groups excluding carboxylic acids is 1. The van der Waals surface area contributed by atoms with Crippen LogP contribution in [0.5, 0.6) is 0 Å². The predicted molar refractivity (Wildman–Crippen MR) is 94.3 cm³/mol. The molecule has 8 nitrogen and oxygen atoms in total. The smallest absolute Gasteiger partial charge is 0.292 e. The number of aryl methyl sites for hydroxylation is 2. The van der Waals surface area contributed by atoms with Crippen molar-refractivity contribution in [3.05, 3.63) is 51.4 Å². The summed E-state index contributed by atoms with van der Waals surface area (Å²) in [5.74, 6) is 0.342. The van der Waals surface area contributed by atoms with Crippen LogP contribution < -0.4 is 5.56 Å². The first-order chi connectivity index (χ1) is 12.5. The van der Waals surface area contributed by atoms with Gasteiger partial charge < -0.3 is 9.42 Å². The van der Waals surface area contributed by atoms with Gasteiger partial charge in [0.1, 0.15) is 0 Å². The molecule has 4 rings (SSSR count). The van der Waals surface area contributed by atoms with E-state index >= 15 is 0 Å². The van der Waals surface area contributed by atoms with E-state index in [1.807, 2.05) is 19.9 Å². The minimum absolute atomic E-state index is 0.106. The molecule has 1 aliphatic heterocycles. The van der Waals surface area contributed by atoms with Crippen LogP contribution in [0.25, 0.3) is 5.65 Å². The zero-order chi connectivity index (χ0) is 18.3. The van der Waals surface area contributed by atoms with Crippen LogP contribution in [-0.4, -0.2) is 43.7 Å². The number of aromatic nitrogens is 4. The van der Waals surface area contributed by atoms with E-state index in [-0.39, 0.29) is 17.4 Å². The fraction of sp³-hybridized carbons (Fsp3) is 0.444. The molecule has 8 heteroatoms. The standard InChI is InChI=1S/C18H21N5O3/c1-3-13-9-15(26-21-13)18(25)22-6-4-12(5-7-22)14-10-17(24)23-16(19-14)8-11(2)20-23/h8-10,12,20H,3-7H2,1-2H3. The molecule has 0 aliphatic carbocycles. The lowest BCUT2D eigenvalue weighted by molar-refractivity contribution is 0.0670. The molecule has 0 aromatic carbocycles. The molecule has 0 saturated carbocycles. The highest BCUT2D eigenvalue weighted by atomic mass is 16.5.